The van der Waals surface area contributed by atoms with Gasteiger partial charge in [-0.3, -0.25) is 29.6 Å². The number of rotatable bonds is 12. The van der Waals surface area contributed by atoms with Crippen LogP contribution < -0.4 is 25.2 Å². The Hall–Kier alpha value is -5.97. The molecule has 2 saturated carbocycles. The van der Waals surface area contributed by atoms with Crippen LogP contribution in [0, 0.1) is 29.0 Å². The number of piperazine rings is 2. The van der Waals surface area contributed by atoms with Gasteiger partial charge in [-0.1, -0.05) is 25.1 Å². The summed E-state index contributed by atoms with van der Waals surface area (Å²) in [6.07, 6.45) is 7.45. The zero-order chi connectivity index (χ0) is 46.7. The SMILES string of the molecule is CCc1cccc2cc(O)cc(-c3ncc4c(N5C[C@@H]6CC[C@@H](C5)N6)nc(OCC5(CN6C[C@@H]7C(CN8CCN(c9ccc%10c(c9)CN([C@H]9CCC(=O)NC9=O)C%10=O)CC8)[C@H]7C6)CC5)nc4c3F)c12. The van der Waals surface area contributed by atoms with Crippen LogP contribution in [0.4, 0.5) is 15.9 Å². The van der Waals surface area contributed by atoms with Gasteiger partial charge < -0.3 is 34.8 Å². The molecule has 3 amide bonds. The Morgan fingerprint density at radius 3 is 2.43 bits per heavy atom. The molecule has 16 heteroatoms. The van der Waals surface area contributed by atoms with Crippen LogP contribution >= 0.6 is 0 Å². The Balaban J connectivity index is 0.647. The number of carbonyl (C=O) groups is 3. The number of benzene rings is 3. The largest absolute Gasteiger partial charge is 0.508 e. The molecule has 13 rings (SSSR count). The van der Waals surface area contributed by atoms with E-state index in [0.29, 0.717) is 54.0 Å². The van der Waals surface area contributed by atoms with Crippen LogP contribution in [-0.4, -0.2) is 143 Å². The van der Waals surface area contributed by atoms with Crippen LogP contribution in [0.5, 0.6) is 11.8 Å². The summed E-state index contributed by atoms with van der Waals surface area (Å²) >= 11 is 0. The van der Waals surface area contributed by atoms with E-state index in [1.165, 1.54) is 0 Å². The lowest BCUT2D eigenvalue weighted by molar-refractivity contribution is -0.136. The average Bonchev–Trinajstić information content (AvgIpc) is 4.08. The highest BCUT2D eigenvalue weighted by Gasteiger charge is 2.57. The molecular weight excluding hydrogens is 876 g/mol. The van der Waals surface area contributed by atoms with E-state index in [2.05, 4.69) is 43.2 Å². The number of nitrogens with one attached hydrogen (secondary N) is 2. The van der Waals surface area contributed by atoms with Crippen LogP contribution in [0.2, 0.25) is 0 Å². The first-order valence-electron chi connectivity index (χ1n) is 25.3. The molecule has 69 heavy (non-hydrogen) atoms. The number of aromatic hydroxyl groups is 1. The zero-order valence-corrected chi connectivity index (χ0v) is 39.1. The van der Waals surface area contributed by atoms with Crippen molar-refractivity contribution in [3.63, 3.8) is 0 Å². The molecule has 5 atom stereocenters. The minimum atomic E-state index is -0.604. The number of fused-ring (bicyclic) bond motifs is 6. The quantitative estimate of drug-likeness (QED) is 0.142. The predicted molar refractivity (Wildman–Crippen MR) is 259 cm³/mol. The van der Waals surface area contributed by atoms with Crippen molar-refractivity contribution in [2.75, 3.05) is 81.9 Å². The third-order valence-electron chi connectivity index (χ3n) is 17.0. The summed E-state index contributed by atoms with van der Waals surface area (Å²) in [4.78, 5) is 63.6. The summed E-state index contributed by atoms with van der Waals surface area (Å²) < 4.78 is 23.7. The first-order chi connectivity index (χ1) is 33.6. The number of imide groups is 1. The average molecular weight is 935 g/mol. The first kappa shape index (κ1) is 43.1. The molecule has 2 bridgehead atoms. The van der Waals surface area contributed by atoms with E-state index in [-0.39, 0.29) is 52.5 Å². The maximum atomic E-state index is 17.2. The van der Waals surface area contributed by atoms with Gasteiger partial charge in [0.2, 0.25) is 11.8 Å². The van der Waals surface area contributed by atoms with Gasteiger partial charge in [-0.05, 0) is 109 Å². The lowest BCUT2D eigenvalue weighted by Gasteiger charge is -2.37. The Labute approximate surface area is 400 Å². The summed E-state index contributed by atoms with van der Waals surface area (Å²) in [5.41, 5.74) is 4.69. The number of phenolic OH excluding ortho intramolecular Hbond substituents is 1. The van der Waals surface area contributed by atoms with Gasteiger partial charge in [0.05, 0.1) is 12.0 Å². The Bertz CT molecular complexity index is 2920. The number of aromatic nitrogens is 3. The number of pyridine rings is 1. The summed E-state index contributed by atoms with van der Waals surface area (Å²) in [7, 11) is 0. The van der Waals surface area contributed by atoms with Crippen LogP contribution in [0.15, 0.2) is 54.7 Å². The summed E-state index contributed by atoms with van der Waals surface area (Å²) in [5.74, 6) is 1.58. The van der Waals surface area contributed by atoms with E-state index >= 15 is 4.39 Å². The molecule has 358 valence electrons. The number of nitrogens with zero attached hydrogens (tertiary/aromatic N) is 8. The van der Waals surface area contributed by atoms with Crippen molar-refractivity contribution in [1.82, 2.24) is 40.3 Å². The number of hydrogen-bond acceptors (Lipinski definition) is 13. The minimum Gasteiger partial charge on any atom is -0.508 e. The highest BCUT2D eigenvalue weighted by Crippen LogP contribution is 2.55. The fraction of sp³-hybridized carbons (Fsp3) is 0.509. The fourth-order valence-corrected chi connectivity index (χ4v) is 13.1. The molecule has 8 heterocycles. The van der Waals surface area contributed by atoms with Crippen LogP contribution in [0.1, 0.15) is 66.9 Å². The van der Waals surface area contributed by atoms with Gasteiger partial charge in [0.25, 0.3) is 5.91 Å². The van der Waals surface area contributed by atoms with Crippen LogP contribution in [-0.2, 0) is 22.6 Å². The molecule has 2 aromatic heterocycles. The molecular formula is C53H59FN10O5. The van der Waals surface area contributed by atoms with Gasteiger partial charge in [0.15, 0.2) is 5.82 Å². The number of aryl methyl sites for hydroxylation is 1. The van der Waals surface area contributed by atoms with Crippen LogP contribution in [0.25, 0.3) is 32.9 Å². The lowest BCUT2D eigenvalue weighted by Crippen LogP contribution is -2.52. The van der Waals surface area contributed by atoms with Crippen LogP contribution in [0.3, 0.4) is 0 Å². The maximum absolute atomic E-state index is 17.2. The van der Waals surface area contributed by atoms with E-state index in [9.17, 15) is 19.5 Å². The molecule has 5 aromatic rings. The third-order valence-corrected chi connectivity index (χ3v) is 17.0. The summed E-state index contributed by atoms with van der Waals surface area (Å²) in [6, 6.07) is 15.6. The van der Waals surface area contributed by atoms with Crippen molar-refractivity contribution in [3.8, 4) is 23.0 Å². The van der Waals surface area contributed by atoms with Crippen molar-refractivity contribution in [2.24, 2.45) is 23.2 Å². The summed E-state index contributed by atoms with van der Waals surface area (Å²) in [5, 5.41) is 19.2. The first-order valence-corrected chi connectivity index (χ1v) is 25.3. The second-order valence-corrected chi connectivity index (χ2v) is 21.4. The van der Waals surface area contributed by atoms with Crippen molar-refractivity contribution >= 4 is 50.9 Å². The van der Waals surface area contributed by atoms with Gasteiger partial charge >= 0.3 is 6.01 Å². The smallest absolute Gasteiger partial charge is 0.319 e. The van der Waals surface area contributed by atoms with Crippen molar-refractivity contribution < 1.29 is 28.6 Å². The highest BCUT2D eigenvalue weighted by molar-refractivity contribution is 6.06. The van der Waals surface area contributed by atoms with Gasteiger partial charge in [0, 0.05) is 119 Å². The molecule has 3 aromatic carbocycles. The van der Waals surface area contributed by atoms with Gasteiger partial charge in [0.1, 0.15) is 28.8 Å². The van der Waals surface area contributed by atoms with Crippen molar-refractivity contribution in [2.45, 2.75) is 76.5 Å². The Morgan fingerprint density at radius 2 is 1.68 bits per heavy atom. The molecule has 0 unspecified atom stereocenters. The molecule has 5 saturated heterocycles. The van der Waals surface area contributed by atoms with Gasteiger partial charge in [-0.25, -0.2) is 4.39 Å². The second-order valence-electron chi connectivity index (χ2n) is 21.4. The van der Waals surface area contributed by atoms with E-state index in [1.54, 1.807) is 23.2 Å². The molecule has 8 aliphatic rings. The molecule has 7 fully saturated rings. The molecule has 15 nitrogen and oxygen atoms in total. The zero-order valence-electron chi connectivity index (χ0n) is 39.1. The molecule has 0 spiro atoms. The normalized spacial score (nSPS) is 27.3. The maximum Gasteiger partial charge on any atom is 0.319 e. The topological polar surface area (TPSA) is 160 Å². The number of phenols is 1. The monoisotopic (exact) mass is 934 g/mol. The predicted octanol–water partition coefficient (Wildman–Crippen LogP) is 5.11. The van der Waals surface area contributed by atoms with E-state index in [0.717, 1.165) is 143 Å². The van der Waals surface area contributed by atoms with Crippen molar-refractivity contribution in [3.05, 3.63) is 77.2 Å². The molecule has 6 aliphatic heterocycles. The standard InChI is InChI=1S/C53H59FN10O5/c1-2-30-4-3-5-31-19-36(65)20-38(45(30)31)47-46(54)48-39(21-55-47)49(63-23-33-6-7-34(24-63)56-33)59-52(58-48)69-29-53(12-13-53)28-61-26-41-40(42(41)27-61)25-60-14-16-62(17-15-60)35-8-9-37-32(18-35)22-64(51(37)68)43-10-11-44(66)57-50(43)67/h3-5,8-9,18-21,33-34,40-43,56,65H,2,6-7,10-17,22-29H2,1H3,(H,57,66,67)/t33-,34-,41+,42+,43-/m0/s1. The van der Waals surface area contributed by atoms with E-state index in [1.807, 2.05) is 30.3 Å². The van der Waals surface area contributed by atoms with E-state index in [4.69, 9.17) is 19.7 Å². The fourth-order valence-electron chi connectivity index (χ4n) is 13.1. The van der Waals surface area contributed by atoms with E-state index < -0.39 is 11.9 Å². The van der Waals surface area contributed by atoms with Gasteiger partial charge in [-0.15, -0.1) is 0 Å². The Morgan fingerprint density at radius 1 is 0.884 bits per heavy atom. The minimum absolute atomic E-state index is 0.0301. The molecule has 3 N–H and O–H groups in total. The molecule has 2 aliphatic carbocycles. The van der Waals surface area contributed by atoms with Crippen molar-refractivity contribution in [1.29, 1.82) is 0 Å². The number of ether oxygens (including phenoxy) is 1. The number of likely N-dealkylation sites (tertiary alicyclic amines) is 1. The number of carbonyl (C=O) groups excluding carboxylic acids is 3. The Kier molecular flexibility index (Phi) is 10.4. The highest BCUT2D eigenvalue weighted by atomic mass is 19.1. The lowest BCUT2D eigenvalue weighted by atomic mass is 9.95. The second kappa shape index (κ2) is 16.6. The van der Waals surface area contributed by atoms with Gasteiger partial charge in [-0.2, -0.15) is 9.97 Å². The third kappa shape index (κ3) is 7.73. The number of hydrogen-bond donors (Lipinski definition) is 3. The number of anilines is 2. The summed E-state index contributed by atoms with van der Waals surface area (Å²) in [6.45, 7) is 12.7. The number of piperidine rings is 2. The number of amides is 3. The molecule has 0 radical (unpaired) electrons. The number of halogens is 1.